The normalized spacial score (nSPS) is 11.1. The van der Waals surface area contributed by atoms with Crippen molar-refractivity contribution in [1.82, 2.24) is 9.61 Å². The van der Waals surface area contributed by atoms with Crippen molar-refractivity contribution in [1.29, 1.82) is 0 Å². The topological polar surface area (TPSA) is 17.3 Å². The van der Waals surface area contributed by atoms with Crippen LogP contribution in [0.2, 0.25) is 0 Å². The molecular weight excluding hydrogens is 160 g/mol. The van der Waals surface area contributed by atoms with Gasteiger partial charge < -0.3 is 0 Å². The highest BCUT2D eigenvalue weighted by Gasteiger charge is 1.96. The van der Waals surface area contributed by atoms with Gasteiger partial charge in [-0.2, -0.15) is 5.10 Å². The average molecular weight is 168 g/mol. The van der Waals surface area contributed by atoms with E-state index < -0.39 is 0 Å². The van der Waals surface area contributed by atoms with Gasteiger partial charge >= 0.3 is 0 Å². The monoisotopic (exact) mass is 168 g/mol. The molecule has 0 fully saturated rings. The van der Waals surface area contributed by atoms with Crippen LogP contribution in [0.1, 0.15) is 0 Å². The lowest BCUT2D eigenvalue weighted by Crippen LogP contribution is -1.89. The third kappa shape index (κ3) is 0.920. The summed E-state index contributed by atoms with van der Waals surface area (Å²) in [6, 6.07) is 14.3. The van der Waals surface area contributed by atoms with Crippen LogP contribution in [-0.4, -0.2) is 9.61 Å². The lowest BCUT2D eigenvalue weighted by molar-refractivity contribution is 0.975. The summed E-state index contributed by atoms with van der Waals surface area (Å²) >= 11 is 0. The van der Waals surface area contributed by atoms with Gasteiger partial charge in [0.05, 0.1) is 11.0 Å². The molecule has 0 saturated heterocycles. The van der Waals surface area contributed by atoms with Crippen LogP contribution in [0, 0.1) is 0 Å². The number of benzene rings is 1. The van der Waals surface area contributed by atoms with E-state index in [9.17, 15) is 0 Å². The van der Waals surface area contributed by atoms with Gasteiger partial charge in [0.2, 0.25) is 0 Å². The molecule has 2 aromatic heterocycles. The summed E-state index contributed by atoms with van der Waals surface area (Å²) in [7, 11) is 0. The number of nitrogens with zero attached hydrogens (tertiary/aromatic N) is 2. The molecule has 0 spiro atoms. The maximum absolute atomic E-state index is 4.45. The van der Waals surface area contributed by atoms with Gasteiger partial charge in [0.1, 0.15) is 0 Å². The lowest BCUT2D eigenvalue weighted by Gasteiger charge is -1.97. The number of rotatable bonds is 0. The minimum atomic E-state index is 1.03. The highest BCUT2D eigenvalue weighted by molar-refractivity contribution is 5.81. The second-order valence-electron chi connectivity index (χ2n) is 3.08. The van der Waals surface area contributed by atoms with Crippen LogP contribution in [0.5, 0.6) is 0 Å². The smallest absolute Gasteiger partial charge is 0.0913 e. The van der Waals surface area contributed by atoms with Gasteiger partial charge in [-0.1, -0.05) is 18.2 Å². The van der Waals surface area contributed by atoms with E-state index in [1.54, 1.807) is 0 Å². The molecule has 0 unspecified atom stereocenters. The predicted molar refractivity (Wildman–Crippen MR) is 52.7 cm³/mol. The first-order valence-electron chi connectivity index (χ1n) is 4.27. The summed E-state index contributed by atoms with van der Waals surface area (Å²) in [6.07, 6.45) is 1.96. The van der Waals surface area contributed by atoms with Crippen molar-refractivity contribution < 1.29 is 0 Å². The van der Waals surface area contributed by atoms with E-state index in [-0.39, 0.29) is 0 Å². The first kappa shape index (κ1) is 6.66. The van der Waals surface area contributed by atoms with Gasteiger partial charge in [-0.15, -0.1) is 0 Å². The molecule has 62 valence electrons. The standard InChI is InChI=1S/C11H8N2/c1-2-6-11-9(4-1)8-10-5-3-7-13(10)12-11/h1-8H. The van der Waals surface area contributed by atoms with E-state index in [0.29, 0.717) is 0 Å². The molecule has 0 saturated carbocycles. The number of fused-ring (bicyclic) bond motifs is 2. The fourth-order valence-electron chi connectivity index (χ4n) is 1.57. The van der Waals surface area contributed by atoms with Gasteiger partial charge in [-0.3, -0.25) is 0 Å². The van der Waals surface area contributed by atoms with Crippen molar-refractivity contribution in [2.75, 3.05) is 0 Å². The second-order valence-corrected chi connectivity index (χ2v) is 3.08. The maximum atomic E-state index is 4.45. The van der Waals surface area contributed by atoms with Crippen LogP contribution in [-0.2, 0) is 0 Å². The molecule has 0 aliphatic carbocycles. The molecule has 3 rings (SSSR count). The Morgan fingerprint density at radius 3 is 2.92 bits per heavy atom. The fraction of sp³-hybridized carbons (Fsp3) is 0. The van der Waals surface area contributed by atoms with Crippen molar-refractivity contribution in [2.45, 2.75) is 0 Å². The molecular formula is C11H8N2. The van der Waals surface area contributed by atoms with Gasteiger partial charge in [0, 0.05) is 11.6 Å². The molecule has 0 bridgehead atoms. The number of hydrogen-bond acceptors (Lipinski definition) is 1. The number of aromatic nitrogens is 2. The van der Waals surface area contributed by atoms with Crippen molar-refractivity contribution >= 4 is 16.4 Å². The lowest BCUT2D eigenvalue weighted by atomic mass is 10.2. The van der Waals surface area contributed by atoms with E-state index in [1.165, 1.54) is 5.39 Å². The molecule has 0 aliphatic heterocycles. The van der Waals surface area contributed by atoms with Crippen LogP contribution in [0.15, 0.2) is 48.7 Å². The van der Waals surface area contributed by atoms with Crippen LogP contribution < -0.4 is 0 Å². The molecule has 2 heterocycles. The van der Waals surface area contributed by atoms with Crippen LogP contribution in [0.4, 0.5) is 0 Å². The first-order valence-corrected chi connectivity index (χ1v) is 4.27. The molecule has 2 heteroatoms. The summed E-state index contributed by atoms with van der Waals surface area (Å²) in [5, 5.41) is 5.64. The van der Waals surface area contributed by atoms with E-state index in [0.717, 1.165) is 11.0 Å². The Kier molecular flexibility index (Phi) is 1.19. The SMILES string of the molecule is c1ccc2nn3cccc3cc2c1. The zero-order valence-corrected chi connectivity index (χ0v) is 7.01. The van der Waals surface area contributed by atoms with Crippen molar-refractivity contribution in [3.63, 3.8) is 0 Å². The third-order valence-corrected chi connectivity index (χ3v) is 2.21. The van der Waals surface area contributed by atoms with E-state index in [4.69, 9.17) is 0 Å². The summed E-state index contributed by atoms with van der Waals surface area (Å²) in [6.45, 7) is 0. The molecule has 1 aromatic carbocycles. The molecule has 13 heavy (non-hydrogen) atoms. The second kappa shape index (κ2) is 2.33. The van der Waals surface area contributed by atoms with E-state index in [2.05, 4.69) is 23.3 Å². The molecule has 2 nitrogen and oxygen atoms in total. The van der Waals surface area contributed by atoms with Crippen LogP contribution in [0.3, 0.4) is 0 Å². The quantitative estimate of drug-likeness (QED) is 0.504. The predicted octanol–water partition coefficient (Wildman–Crippen LogP) is 2.49. The zero-order valence-electron chi connectivity index (χ0n) is 7.01. The highest BCUT2D eigenvalue weighted by atomic mass is 15.2. The van der Waals surface area contributed by atoms with Gasteiger partial charge in [0.25, 0.3) is 0 Å². The third-order valence-electron chi connectivity index (χ3n) is 2.21. The minimum Gasteiger partial charge on any atom is -0.240 e. The van der Waals surface area contributed by atoms with Gasteiger partial charge in [-0.05, 0) is 24.3 Å². The Bertz CT molecular complexity index is 517. The zero-order chi connectivity index (χ0) is 8.67. The number of hydrogen-bond donors (Lipinski definition) is 0. The Morgan fingerprint density at radius 1 is 1.00 bits per heavy atom. The summed E-state index contributed by atoms with van der Waals surface area (Å²) in [5.41, 5.74) is 2.17. The van der Waals surface area contributed by atoms with Crippen molar-refractivity contribution in [2.24, 2.45) is 0 Å². The molecule has 0 amide bonds. The van der Waals surface area contributed by atoms with E-state index in [1.807, 2.05) is 35.0 Å². The molecule has 0 atom stereocenters. The molecule has 0 radical (unpaired) electrons. The van der Waals surface area contributed by atoms with Crippen molar-refractivity contribution in [3.8, 4) is 0 Å². The fourth-order valence-corrected chi connectivity index (χ4v) is 1.57. The summed E-state index contributed by atoms with van der Waals surface area (Å²) < 4.78 is 1.89. The first-order chi connectivity index (χ1) is 6.43. The highest BCUT2D eigenvalue weighted by Crippen LogP contribution is 2.13. The molecule has 0 N–H and O–H groups in total. The van der Waals surface area contributed by atoms with E-state index >= 15 is 0 Å². The Balaban J connectivity index is 2.57. The van der Waals surface area contributed by atoms with Crippen molar-refractivity contribution in [3.05, 3.63) is 48.7 Å². The minimum absolute atomic E-state index is 1.03. The largest absolute Gasteiger partial charge is 0.240 e. The Hall–Kier alpha value is -1.83. The summed E-state index contributed by atoms with van der Waals surface area (Å²) in [5.74, 6) is 0. The maximum Gasteiger partial charge on any atom is 0.0913 e. The Labute approximate surface area is 75.4 Å². The van der Waals surface area contributed by atoms with Crippen LogP contribution >= 0.6 is 0 Å². The molecule has 0 aliphatic rings. The van der Waals surface area contributed by atoms with Crippen LogP contribution in [0.25, 0.3) is 16.4 Å². The molecule has 3 aromatic rings. The summed E-state index contributed by atoms with van der Waals surface area (Å²) in [4.78, 5) is 0. The van der Waals surface area contributed by atoms with Gasteiger partial charge in [-0.25, -0.2) is 4.52 Å². The average Bonchev–Trinajstić information content (AvgIpc) is 2.61. The Morgan fingerprint density at radius 2 is 1.92 bits per heavy atom. The van der Waals surface area contributed by atoms with Gasteiger partial charge in [0.15, 0.2) is 0 Å².